The van der Waals surface area contributed by atoms with E-state index in [1.165, 1.54) is 6.07 Å². The van der Waals surface area contributed by atoms with Crippen LogP contribution in [0.5, 0.6) is 11.5 Å². The standard InChI is InChI=1S/C20H23N3O5S/c1-23(2)17(14-3-7-18-19(10-14)28-12-27-18)11-21-29(25,26)15-5-6-16-13(9-15)4-8-20(24)22-16/h3,5-7,9-10,17,21H,4,8,11-12H2,1-2H3,(H,22,24)/t17-/m0/s1. The first kappa shape index (κ1) is 19.7. The number of likely N-dealkylation sites (N-methyl/N-ethyl adjacent to an activating group) is 1. The lowest BCUT2D eigenvalue weighted by Gasteiger charge is -2.25. The summed E-state index contributed by atoms with van der Waals surface area (Å²) in [7, 11) is 0.0873. The van der Waals surface area contributed by atoms with Crippen molar-refractivity contribution in [3.8, 4) is 11.5 Å². The molecule has 2 aliphatic rings. The zero-order chi connectivity index (χ0) is 20.6. The highest BCUT2D eigenvalue weighted by atomic mass is 32.2. The first-order valence-electron chi connectivity index (χ1n) is 9.32. The van der Waals surface area contributed by atoms with Gasteiger partial charge in [0, 0.05) is 24.7 Å². The Kier molecular flexibility index (Phi) is 5.20. The van der Waals surface area contributed by atoms with Gasteiger partial charge in [0.1, 0.15) is 0 Å². The van der Waals surface area contributed by atoms with Crippen LogP contribution in [0.2, 0.25) is 0 Å². The molecule has 0 saturated heterocycles. The average Bonchev–Trinajstić information content (AvgIpc) is 3.15. The van der Waals surface area contributed by atoms with Gasteiger partial charge >= 0.3 is 0 Å². The Hall–Kier alpha value is -2.62. The van der Waals surface area contributed by atoms with Crippen LogP contribution in [0.25, 0.3) is 0 Å². The molecular weight excluding hydrogens is 394 g/mol. The number of amides is 1. The third-order valence-corrected chi connectivity index (χ3v) is 6.58. The number of hydrogen-bond acceptors (Lipinski definition) is 6. The summed E-state index contributed by atoms with van der Waals surface area (Å²) in [5.74, 6) is 1.30. The smallest absolute Gasteiger partial charge is 0.240 e. The quantitative estimate of drug-likeness (QED) is 0.745. The van der Waals surface area contributed by atoms with Gasteiger partial charge in [-0.1, -0.05) is 6.07 Å². The molecule has 1 amide bonds. The minimum absolute atomic E-state index is 0.0521. The van der Waals surface area contributed by atoms with E-state index < -0.39 is 10.0 Å². The molecule has 0 radical (unpaired) electrons. The molecule has 2 N–H and O–H groups in total. The number of rotatable bonds is 6. The van der Waals surface area contributed by atoms with Crippen molar-refractivity contribution >= 4 is 21.6 Å². The fourth-order valence-corrected chi connectivity index (χ4v) is 4.61. The van der Waals surface area contributed by atoms with Crippen molar-refractivity contribution in [3.05, 3.63) is 47.5 Å². The number of nitrogens with zero attached hydrogens (tertiary/aromatic N) is 1. The van der Waals surface area contributed by atoms with Crippen LogP contribution in [0.4, 0.5) is 5.69 Å². The van der Waals surface area contributed by atoms with Crippen LogP contribution in [0.3, 0.4) is 0 Å². The summed E-state index contributed by atoms with van der Waals surface area (Å²) in [6, 6.07) is 10.2. The molecule has 0 aliphatic carbocycles. The molecule has 0 fully saturated rings. The Morgan fingerprint density at radius 2 is 1.90 bits per heavy atom. The highest BCUT2D eigenvalue weighted by molar-refractivity contribution is 7.89. The lowest BCUT2D eigenvalue weighted by molar-refractivity contribution is -0.116. The minimum Gasteiger partial charge on any atom is -0.454 e. The Bertz CT molecular complexity index is 1050. The van der Waals surface area contributed by atoms with Crippen molar-refractivity contribution in [2.75, 3.05) is 32.7 Å². The maximum atomic E-state index is 12.9. The Morgan fingerprint density at radius 3 is 2.69 bits per heavy atom. The second kappa shape index (κ2) is 7.66. The molecule has 9 heteroatoms. The number of carbonyl (C=O) groups is 1. The zero-order valence-electron chi connectivity index (χ0n) is 16.3. The molecule has 1 atom stereocenters. The van der Waals surface area contributed by atoms with Gasteiger partial charge in [0.25, 0.3) is 0 Å². The number of aryl methyl sites for hydroxylation is 1. The van der Waals surface area contributed by atoms with Gasteiger partial charge in [-0.15, -0.1) is 0 Å². The number of benzene rings is 2. The van der Waals surface area contributed by atoms with Gasteiger partial charge in [0.05, 0.1) is 4.90 Å². The fraction of sp³-hybridized carbons (Fsp3) is 0.350. The molecule has 154 valence electrons. The molecule has 0 spiro atoms. The highest BCUT2D eigenvalue weighted by Crippen LogP contribution is 2.35. The number of fused-ring (bicyclic) bond motifs is 2. The van der Waals surface area contributed by atoms with Crippen molar-refractivity contribution in [2.24, 2.45) is 0 Å². The first-order valence-corrected chi connectivity index (χ1v) is 10.8. The van der Waals surface area contributed by atoms with Gasteiger partial charge in [-0.05, 0) is 62.0 Å². The summed E-state index contributed by atoms with van der Waals surface area (Å²) >= 11 is 0. The Balaban J connectivity index is 1.52. The van der Waals surface area contributed by atoms with Crippen LogP contribution in [-0.2, 0) is 21.2 Å². The maximum absolute atomic E-state index is 12.9. The minimum atomic E-state index is -3.70. The Labute approximate surface area is 169 Å². The van der Waals surface area contributed by atoms with Crippen LogP contribution in [0.15, 0.2) is 41.3 Å². The van der Waals surface area contributed by atoms with Gasteiger partial charge in [-0.3, -0.25) is 4.79 Å². The van der Waals surface area contributed by atoms with Crippen molar-refractivity contribution in [1.29, 1.82) is 0 Å². The van der Waals surface area contributed by atoms with Crippen LogP contribution in [-0.4, -0.2) is 46.7 Å². The van der Waals surface area contributed by atoms with E-state index in [0.717, 1.165) is 11.1 Å². The van der Waals surface area contributed by atoms with E-state index >= 15 is 0 Å². The van der Waals surface area contributed by atoms with E-state index in [4.69, 9.17) is 9.47 Å². The number of ether oxygens (including phenoxy) is 2. The number of hydrogen-bond donors (Lipinski definition) is 2. The number of carbonyl (C=O) groups excluding carboxylic acids is 1. The van der Waals surface area contributed by atoms with Crippen LogP contribution in [0.1, 0.15) is 23.6 Å². The molecule has 0 saturated carbocycles. The summed E-state index contributed by atoms with van der Waals surface area (Å²) in [6.07, 6.45) is 0.888. The Morgan fingerprint density at radius 1 is 1.10 bits per heavy atom. The molecular formula is C20H23N3O5S. The molecule has 2 aromatic rings. The normalized spacial score (nSPS) is 16.4. The third kappa shape index (κ3) is 4.07. The SMILES string of the molecule is CN(C)[C@@H](CNS(=O)(=O)c1ccc2c(c1)CCC(=O)N2)c1ccc2c(c1)OCO2. The van der Waals surface area contributed by atoms with Crippen molar-refractivity contribution in [1.82, 2.24) is 9.62 Å². The first-order chi connectivity index (χ1) is 13.8. The van der Waals surface area contributed by atoms with Gasteiger partial charge in [-0.2, -0.15) is 0 Å². The molecule has 2 aliphatic heterocycles. The molecule has 2 aromatic carbocycles. The molecule has 4 rings (SSSR count). The molecule has 0 bridgehead atoms. The molecule has 29 heavy (non-hydrogen) atoms. The van der Waals surface area contributed by atoms with E-state index in [-0.39, 0.29) is 30.2 Å². The summed E-state index contributed by atoms with van der Waals surface area (Å²) in [6.45, 7) is 0.389. The average molecular weight is 417 g/mol. The van der Waals surface area contributed by atoms with Gasteiger partial charge in [0.2, 0.25) is 22.7 Å². The maximum Gasteiger partial charge on any atom is 0.240 e. The van der Waals surface area contributed by atoms with Gasteiger partial charge in [-0.25, -0.2) is 13.1 Å². The molecule has 2 heterocycles. The van der Waals surface area contributed by atoms with Crippen molar-refractivity contribution in [2.45, 2.75) is 23.8 Å². The van der Waals surface area contributed by atoms with E-state index in [9.17, 15) is 13.2 Å². The number of anilines is 1. The van der Waals surface area contributed by atoms with E-state index in [0.29, 0.717) is 30.0 Å². The van der Waals surface area contributed by atoms with Crippen LogP contribution >= 0.6 is 0 Å². The fourth-order valence-electron chi connectivity index (χ4n) is 3.52. The largest absolute Gasteiger partial charge is 0.454 e. The van der Waals surface area contributed by atoms with Crippen molar-refractivity contribution in [3.63, 3.8) is 0 Å². The molecule has 8 nitrogen and oxygen atoms in total. The molecule has 0 unspecified atom stereocenters. The van der Waals surface area contributed by atoms with E-state index in [2.05, 4.69) is 10.0 Å². The second-order valence-electron chi connectivity index (χ2n) is 7.31. The monoisotopic (exact) mass is 417 g/mol. The van der Waals surface area contributed by atoms with Crippen molar-refractivity contribution < 1.29 is 22.7 Å². The van der Waals surface area contributed by atoms with Gasteiger partial charge in [0.15, 0.2) is 11.5 Å². The van der Waals surface area contributed by atoms with E-state index in [1.54, 1.807) is 12.1 Å². The summed E-state index contributed by atoms with van der Waals surface area (Å²) < 4.78 is 39.2. The van der Waals surface area contributed by atoms with Crippen LogP contribution in [0, 0.1) is 0 Å². The number of sulfonamides is 1. The lowest BCUT2D eigenvalue weighted by Crippen LogP contribution is -2.34. The highest BCUT2D eigenvalue weighted by Gasteiger charge is 2.24. The number of nitrogens with one attached hydrogen (secondary N) is 2. The van der Waals surface area contributed by atoms with Crippen LogP contribution < -0.4 is 19.5 Å². The summed E-state index contributed by atoms with van der Waals surface area (Å²) in [5, 5.41) is 2.76. The second-order valence-corrected chi connectivity index (χ2v) is 9.08. The summed E-state index contributed by atoms with van der Waals surface area (Å²) in [4.78, 5) is 13.6. The van der Waals surface area contributed by atoms with E-state index in [1.807, 2.05) is 37.2 Å². The third-order valence-electron chi connectivity index (χ3n) is 5.15. The topological polar surface area (TPSA) is 97.0 Å². The zero-order valence-corrected chi connectivity index (χ0v) is 17.1. The predicted molar refractivity (Wildman–Crippen MR) is 108 cm³/mol. The lowest BCUT2D eigenvalue weighted by atomic mass is 10.0. The summed E-state index contributed by atoms with van der Waals surface area (Å²) in [5.41, 5.74) is 2.43. The predicted octanol–water partition coefficient (Wildman–Crippen LogP) is 1.88. The van der Waals surface area contributed by atoms with Gasteiger partial charge < -0.3 is 19.7 Å². The molecule has 0 aromatic heterocycles.